The fourth-order valence-corrected chi connectivity index (χ4v) is 2.55. The van der Waals surface area contributed by atoms with Gasteiger partial charge in [0.2, 0.25) is 0 Å². The predicted octanol–water partition coefficient (Wildman–Crippen LogP) is 4.97. The third kappa shape index (κ3) is 3.89. The highest BCUT2D eigenvalue weighted by molar-refractivity contribution is 5.91. The molecule has 3 rings (SSSR count). The molecule has 0 fully saturated rings. The highest BCUT2D eigenvalue weighted by Gasteiger charge is 2.10. The van der Waals surface area contributed by atoms with Crippen molar-refractivity contribution in [2.75, 3.05) is 6.61 Å². The summed E-state index contributed by atoms with van der Waals surface area (Å²) in [6, 6.07) is 16.0. The number of fused-ring (bicyclic) bond motifs is 1. The minimum absolute atomic E-state index is 0.436. The number of para-hydroxylation sites is 1. The maximum atomic E-state index is 9.61. The van der Waals surface area contributed by atoms with E-state index >= 15 is 0 Å². The van der Waals surface area contributed by atoms with Gasteiger partial charge in [0.05, 0.1) is 23.2 Å². The van der Waals surface area contributed by atoms with E-state index in [9.17, 15) is 5.26 Å². The van der Waals surface area contributed by atoms with E-state index in [-0.39, 0.29) is 0 Å². The van der Waals surface area contributed by atoms with Crippen molar-refractivity contribution in [3.05, 3.63) is 59.4 Å². The Kier molecular flexibility index (Phi) is 4.85. The highest BCUT2D eigenvalue weighted by Crippen LogP contribution is 2.25. The first kappa shape index (κ1) is 16.8. The molecule has 0 spiro atoms. The molecule has 4 nitrogen and oxygen atoms in total. The molecular weight excluding hydrogens is 310 g/mol. The summed E-state index contributed by atoms with van der Waals surface area (Å²) in [5, 5.41) is 9.61. The second kappa shape index (κ2) is 7.23. The molecule has 0 amide bonds. The van der Waals surface area contributed by atoms with Crippen molar-refractivity contribution >= 4 is 22.7 Å². The maximum Gasteiger partial charge on any atom is 0.149 e. The van der Waals surface area contributed by atoms with Gasteiger partial charge in [0.1, 0.15) is 17.6 Å². The fourth-order valence-electron chi connectivity index (χ4n) is 2.55. The Bertz CT molecular complexity index is 961. The lowest BCUT2D eigenvalue weighted by Gasteiger charge is -2.11. The Balaban J connectivity index is 1.99. The summed E-state index contributed by atoms with van der Waals surface area (Å²) in [5.41, 5.74) is 4.29. The van der Waals surface area contributed by atoms with Crippen LogP contribution in [0.5, 0.6) is 5.75 Å². The van der Waals surface area contributed by atoms with E-state index < -0.39 is 0 Å². The van der Waals surface area contributed by atoms with Crippen LogP contribution in [0.25, 0.3) is 22.7 Å². The second-order valence-corrected chi connectivity index (χ2v) is 6.52. The zero-order valence-corrected chi connectivity index (χ0v) is 14.7. The van der Waals surface area contributed by atoms with Gasteiger partial charge >= 0.3 is 0 Å². The number of ether oxygens (including phenoxy) is 1. The lowest BCUT2D eigenvalue weighted by atomic mass is 10.1. The molecule has 0 bridgehead atoms. The van der Waals surface area contributed by atoms with E-state index in [0.717, 1.165) is 27.9 Å². The van der Waals surface area contributed by atoms with Crippen LogP contribution in [0, 0.1) is 24.2 Å². The molecule has 0 aliphatic carbocycles. The lowest BCUT2D eigenvalue weighted by Crippen LogP contribution is -2.05. The van der Waals surface area contributed by atoms with E-state index in [4.69, 9.17) is 4.74 Å². The molecule has 0 aliphatic heterocycles. The van der Waals surface area contributed by atoms with E-state index in [1.165, 1.54) is 0 Å². The lowest BCUT2D eigenvalue weighted by molar-refractivity contribution is 0.270. The van der Waals surface area contributed by atoms with Crippen molar-refractivity contribution in [3.63, 3.8) is 0 Å². The minimum atomic E-state index is 0.436. The minimum Gasteiger partial charge on any atom is -0.493 e. The third-order valence-electron chi connectivity index (χ3n) is 3.80. The summed E-state index contributed by atoms with van der Waals surface area (Å²) >= 11 is 0. The average Bonchev–Trinajstić information content (AvgIpc) is 3.01. The number of nitriles is 1. The molecule has 126 valence electrons. The van der Waals surface area contributed by atoms with Crippen molar-refractivity contribution in [3.8, 4) is 11.8 Å². The third-order valence-corrected chi connectivity index (χ3v) is 3.80. The molecule has 0 aliphatic rings. The molecule has 25 heavy (non-hydrogen) atoms. The number of nitrogens with one attached hydrogen (secondary N) is 1. The Labute approximate surface area is 147 Å². The number of aromatic nitrogens is 2. The Morgan fingerprint density at radius 1 is 1.28 bits per heavy atom. The largest absolute Gasteiger partial charge is 0.493 e. The normalized spacial score (nSPS) is 11.7. The van der Waals surface area contributed by atoms with Crippen LogP contribution >= 0.6 is 0 Å². The first-order valence-electron chi connectivity index (χ1n) is 8.37. The number of aryl methyl sites for hydroxylation is 1. The summed E-state index contributed by atoms with van der Waals surface area (Å²) in [5.74, 6) is 1.78. The van der Waals surface area contributed by atoms with Crippen LogP contribution < -0.4 is 4.74 Å². The Morgan fingerprint density at radius 3 is 2.84 bits per heavy atom. The molecule has 0 saturated carbocycles. The Morgan fingerprint density at radius 2 is 2.08 bits per heavy atom. The number of allylic oxidation sites excluding steroid dienone is 1. The molecule has 2 aromatic carbocycles. The van der Waals surface area contributed by atoms with Crippen molar-refractivity contribution in [1.82, 2.24) is 9.97 Å². The predicted molar refractivity (Wildman–Crippen MR) is 101 cm³/mol. The highest BCUT2D eigenvalue weighted by atomic mass is 16.5. The van der Waals surface area contributed by atoms with Crippen LogP contribution in [0.3, 0.4) is 0 Å². The van der Waals surface area contributed by atoms with Gasteiger partial charge in [-0.05, 0) is 42.7 Å². The van der Waals surface area contributed by atoms with Crippen molar-refractivity contribution < 1.29 is 4.74 Å². The molecule has 0 saturated heterocycles. The zero-order valence-electron chi connectivity index (χ0n) is 14.7. The molecule has 0 atom stereocenters. The molecule has 1 aromatic heterocycles. The second-order valence-electron chi connectivity index (χ2n) is 6.52. The van der Waals surface area contributed by atoms with Gasteiger partial charge in [0, 0.05) is 5.56 Å². The molecule has 1 heterocycles. The summed E-state index contributed by atoms with van der Waals surface area (Å²) in [6.07, 6.45) is 1.82. The number of H-pyrrole nitrogens is 1. The van der Waals surface area contributed by atoms with Gasteiger partial charge in [-0.3, -0.25) is 0 Å². The molecule has 4 heteroatoms. The van der Waals surface area contributed by atoms with E-state index in [0.29, 0.717) is 23.9 Å². The summed E-state index contributed by atoms with van der Waals surface area (Å²) < 4.78 is 5.87. The SMILES string of the molecule is Cc1ccc2nc(/C(C#N)=C\c3ccccc3OCC(C)C)[nH]c2c1. The van der Waals surface area contributed by atoms with Crippen LogP contribution in [0.4, 0.5) is 0 Å². The van der Waals surface area contributed by atoms with Crippen LogP contribution in [0.15, 0.2) is 42.5 Å². The van der Waals surface area contributed by atoms with Gasteiger partial charge in [-0.25, -0.2) is 4.98 Å². The van der Waals surface area contributed by atoms with Gasteiger partial charge in [-0.15, -0.1) is 0 Å². The number of rotatable bonds is 5. The smallest absolute Gasteiger partial charge is 0.149 e. The van der Waals surface area contributed by atoms with Gasteiger partial charge in [0.15, 0.2) is 0 Å². The molecular formula is C21H21N3O. The van der Waals surface area contributed by atoms with E-state index in [1.807, 2.05) is 55.5 Å². The number of hydrogen-bond donors (Lipinski definition) is 1. The standard InChI is InChI=1S/C21H21N3O/c1-14(2)13-25-20-7-5-4-6-16(20)11-17(12-22)21-23-18-9-8-15(3)10-19(18)24-21/h4-11,14H,13H2,1-3H3,(H,23,24)/b17-11-. The van der Waals surface area contributed by atoms with Gasteiger partial charge in [-0.2, -0.15) is 5.26 Å². The first-order valence-corrected chi connectivity index (χ1v) is 8.37. The van der Waals surface area contributed by atoms with Gasteiger partial charge in [0.25, 0.3) is 0 Å². The summed E-state index contributed by atoms with van der Waals surface area (Å²) in [7, 11) is 0. The van der Waals surface area contributed by atoms with Crippen molar-refractivity contribution in [2.24, 2.45) is 5.92 Å². The maximum absolute atomic E-state index is 9.61. The number of benzene rings is 2. The number of imidazole rings is 1. The van der Waals surface area contributed by atoms with Crippen LogP contribution in [-0.4, -0.2) is 16.6 Å². The molecule has 3 aromatic rings. The van der Waals surface area contributed by atoms with E-state index in [1.54, 1.807) is 0 Å². The monoisotopic (exact) mass is 331 g/mol. The molecule has 0 radical (unpaired) electrons. The summed E-state index contributed by atoms with van der Waals surface area (Å²) in [6.45, 7) is 6.88. The van der Waals surface area contributed by atoms with Gasteiger partial charge < -0.3 is 9.72 Å². The number of hydrogen-bond acceptors (Lipinski definition) is 3. The first-order chi connectivity index (χ1) is 12.1. The molecule has 0 unspecified atom stereocenters. The number of aromatic amines is 1. The topological polar surface area (TPSA) is 61.7 Å². The van der Waals surface area contributed by atoms with E-state index in [2.05, 4.69) is 29.9 Å². The zero-order chi connectivity index (χ0) is 17.8. The Hall–Kier alpha value is -3.06. The number of nitrogens with zero attached hydrogens (tertiary/aromatic N) is 2. The quantitative estimate of drug-likeness (QED) is 0.671. The summed E-state index contributed by atoms with van der Waals surface area (Å²) in [4.78, 5) is 7.77. The van der Waals surface area contributed by atoms with Crippen molar-refractivity contribution in [2.45, 2.75) is 20.8 Å². The van der Waals surface area contributed by atoms with Crippen LogP contribution in [0.2, 0.25) is 0 Å². The fraction of sp³-hybridized carbons (Fsp3) is 0.238. The average molecular weight is 331 g/mol. The van der Waals surface area contributed by atoms with Crippen LogP contribution in [0.1, 0.15) is 30.8 Å². The molecule has 1 N–H and O–H groups in total. The van der Waals surface area contributed by atoms with Gasteiger partial charge in [-0.1, -0.05) is 38.1 Å². The van der Waals surface area contributed by atoms with Crippen molar-refractivity contribution in [1.29, 1.82) is 5.26 Å². The van der Waals surface area contributed by atoms with Crippen LogP contribution in [-0.2, 0) is 0 Å².